The summed E-state index contributed by atoms with van der Waals surface area (Å²) in [5, 5.41) is 5.63. The standard InChI is InChI=1S/C23H31N3O4S2/c1-16-22(27)25-20-15-19(7-8-21(20)31-16)32(29,30)26-13-10-18(11-14-26)23(28)24-12-9-17-5-3-2-4-6-17/h5,7-8,15-16,18H,2-4,6,9-14H2,1H3,(H,24,28)(H,25,27). The minimum absolute atomic E-state index is 0.0288. The number of thioether (sulfide) groups is 1. The average molecular weight is 478 g/mol. The van der Waals surface area contributed by atoms with E-state index < -0.39 is 10.0 Å². The van der Waals surface area contributed by atoms with Crippen LogP contribution in [0, 0.1) is 5.92 Å². The zero-order valence-electron chi connectivity index (χ0n) is 18.4. The van der Waals surface area contributed by atoms with Crippen molar-refractivity contribution in [3.63, 3.8) is 0 Å². The first-order chi connectivity index (χ1) is 15.3. The van der Waals surface area contributed by atoms with Gasteiger partial charge >= 0.3 is 0 Å². The van der Waals surface area contributed by atoms with Gasteiger partial charge in [0.15, 0.2) is 0 Å². The van der Waals surface area contributed by atoms with Gasteiger partial charge in [-0.05, 0) is 70.1 Å². The Morgan fingerprint density at radius 2 is 2.03 bits per heavy atom. The van der Waals surface area contributed by atoms with Crippen LogP contribution in [-0.4, -0.2) is 49.4 Å². The highest BCUT2D eigenvalue weighted by Crippen LogP contribution is 2.37. The molecule has 4 rings (SSSR count). The molecule has 1 aliphatic carbocycles. The lowest BCUT2D eigenvalue weighted by Gasteiger charge is -2.31. The highest BCUT2D eigenvalue weighted by Gasteiger charge is 2.33. The number of amides is 2. The Morgan fingerprint density at radius 3 is 2.75 bits per heavy atom. The number of carbonyl (C=O) groups is 2. The first-order valence-corrected chi connectivity index (χ1v) is 13.7. The molecule has 0 aromatic heterocycles. The summed E-state index contributed by atoms with van der Waals surface area (Å²) in [6, 6.07) is 4.90. The predicted octanol–water partition coefficient (Wildman–Crippen LogP) is 3.53. The number of rotatable bonds is 6. The molecule has 2 N–H and O–H groups in total. The number of sulfonamides is 1. The largest absolute Gasteiger partial charge is 0.356 e. The second-order valence-corrected chi connectivity index (χ2v) is 12.1. The fraction of sp³-hybridized carbons (Fsp3) is 0.565. The molecule has 9 heteroatoms. The van der Waals surface area contributed by atoms with Crippen molar-refractivity contribution in [2.45, 2.75) is 66.9 Å². The van der Waals surface area contributed by atoms with Crippen LogP contribution in [0.2, 0.25) is 0 Å². The Kier molecular flexibility index (Phi) is 7.27. The zero-order chi connectivity index (χ0) is 22.7. The van der Waals surface area contributed by atoms with E-state index >= 15 is 0 Å². The molecule has 1 saturated heterocycles. The molecule has 7 nitrogen and oxygen atoms in total. The number of hydrogen-bond acceptors (Lipinski definition) is 5. The summed E-state index contributed by atoms with van der Waals surface area (Å²) in [5.41, 5.74) is 1.98. The Labute approximate surface area is 194 Å². The molecule has 1 atom stereocenters. The van der Waals surface area contributed by atoms with E-state index in [1.807, 2.05) is 6.92 Å². The second kappa shape index (κ2) is 9.97. The lowest BCUT2D eigenvalue weighted by Crippen LogP contribution is -2.43. The molecule has 2 aliphatic heterocycles. The molecule has 0 saturated carbocycles. The van der Waals surface area contributed by atoms with Crippen LogP contribution in [0.5, 0.6) is 0 Å². The number of allylic oxidation sites excluding steroid dienone is 1. The maximum Gasteiger partial charge on any atom is 0.243 e. The number of piperidine rings is 1. The van der Waals surface area contributed by atoms with Crippen molar-refractivity contribution >= 4 is 39.3 Å². The van der Waals surface area contributed by atoms with E-state index in [4.69, 9.17) is 0 Å². The van der Waals surface area contributed by atoms with E-state index in [0.717, 1.165) is 24.2 Å². The Hall–Kier alpha value is -1.84. The number of nitrogens with one attached hydrogen (secondary N) is 2. The number of fused-ring (bicyclic) bond motifs is 1. The summed E-state index contributed by atoms with van der Waals surface area (Å²) in [6.45, 7) is 3.11. The molecular weight excluding hydrogens is 446 g/mol. The van der Waals surface area contributed by atoms with E-state index in [-0.39, 0.29) is 27.9 Å². The van der Waals surface area contributed by atoms with Gasteiger partial charge in [-0.3, -0.25) is 9.59 Å². The smallest absolute Gasteiger partial charge is 0.243 e. The van der Waals surface area contributed by atoms with Gasteiger partial charge in [-0.2, -0.15) is 4.31 Å². The van der Waals surface area contributed by atoms with Gasteiger partial charge in [-0.15, -0.1) is 11.8 Å². The summed E-state index contributed by atoms with van der Waals surface area (Å²) >= 11 is 1.43. The van der Waals surface area contributed by atoms with E-state index in [9.17, 15) is 18.0 Å². The van der Waals surface area contributed by atoms with Crippen LogP contribution < -0.4 is 10.6 Å². The topological polar surface area (TPSA) is 95.6 Å². The molecule has 0 spiro atoms. The van der Waals surface area contributed by atoms with Gasteiger partial charge in [0.05, 0.1) is 15.8 Å². The number of hydrogen-bond donors (Lipinski definition) is 2. The Bertz CT molecular complexity index is 1010. The predicted molar refractivity (Wildman–Crippen MR) is 126 cm³/mol. The average Bonchev–Trinajstić information content (AvgIpc) is 2.80. The third-order valence-corrected chi connectivity index (χ3v) is 9.55. The summed E-state index contributed by atoms with van der Waals surface area (Å²) in [4.78, 5) is 25.5. The molecule has 2 amide bonds. The molecule has 32 heavy (non-hydrogen) atoms. The SMILES string of the molecule is CC1Sc2ccc(S(=O)(=O)N3CCC(C(=O)NCCC4=CCCCC4)CC3)cc2NC1=O. The van der Waals surface area contributed by atoms with Gasteiger partial charge < -0.3 is 10.6 Å². The van der Waals surface area contributed by atoms with Crippen LogP contribution in [0.25, 0.3) is 0 Å². The molecule has 1 aromatic carbocycles. The Morgan fingerprint density at radius 1 is 1.25 bits per heavy atom. The van der Waals surface area contributed by atoms with E-state index in [0.29, 0.717) is 38.2 Å². The molecule has 0 radical (unpaired) electrons. The lowest BCUT2D eigenvalue weighted by molar-refractivity contribution is -0.126. The molecule has 1 unspecified atom stereocenters. The van der Waals surface area contributed by atoms with Gasteiger partial charge in [0, 0.05) is 30.4 Å². The van der Waals surface area contributed by atoms with Crippen LogP contribution in [0.15, 0.2) is 39.6 Å². The van der Waals surface area contributed by atoms with Crippen LogP contribution in [-0.2, 0) is 19.6 Å². The van der Waals surface area contributed by atoms with Crippen LogP contribution in [0.3, 0.4) is 0 Å². The van der Waals surface area contributed by atoms with E-state index in [2.05, 4.69) is 16.7 Å². The van der Waals surface area contributed by atoms with Gasteiger partial charge in [-0.25, -0.2) is 8.42 Å². The molecular formula is C23H31N3O4S2. The quantitative estimate of drug-likeness (QED) is 0.611. The number of nitrogens with zero attached hydrogens (tertiary/aromatic N) is 1. The van der Waals surface area contributed by atoms with E-state index in [1.165, 1.54) is 34.5 Å². The maximum atomic E-state index is 13.1. The van der Waals surface area contributed by atoms with Crippen LogP contribution >= 0.6 is 11.8 Å². The third-order valence-electron chi connectivity index (χ3n) is 6.47. The number of anilines is 1. The molecule has 0 bridgehead atoms. The molecule has 1 aromatic rings. The summed E-state index contributed by atoms with van der Waals surface area (Å²) < 4.78 is 27.7. The van der Waals surface area contributed by atoms with Crippen molar-refractivity contribution in [2.75, 3.05) is 25.0 Å². The highest BCUT2D eigenvalue weighted by atomic mass is 32.2. The molecule has 1 fully saturated rings. The summed E-state index contributed by atoms with van der Waals surface area (Å²) in [5.74, 6) is -0.243. The minimum atomic E-state index is -3.67. The summed E-state index contributed by atoms with van der Waals surface area (Å²) in [7, 11) is -3.67. The minimum Gasteiger partial charge on any atom is -0.356 e. The molecule has 2 heterocycles. The monoisotopic (exact) mass is 477 g/mol. The zero-order valence-corrected chi connectivity index (χ0v) is 20.1. The Balaban J connectivity index is 1.31. The van der Waals surface area contributed by atoms with Crippen LogP contribution in [0.4, 0.5) is 5.69 Å². The van der Waals surface area contributed by atoms with Gasteiger partial charge in [0.25, 0.3) is 0 Å². The highest BCUT2D eigenvalue weighted by molar-refractivity contribution is 8.01. The van der Waals surface area contributed by atoms with Gasteiger partial charge in [0.2, 0.25) is 21.8 Å². The number of carbonyl (C=O) groups excluding carboxylic acids is 2. The lowest BCUT2D eigenvalue weighted by atomic mass is 9.96. The fourth-order valence-electron chi connectivity index (χ4n) is 4.48. The van der Waals surface area contributed by atoms with Crippen molar-refractivity contribution in [1.29, 1.82) is 0 Å². The van der Waals surface area contributed by atoms with Crippen molar-refractivity contribution < 1.29 is 18.0 Å². The first kappa shape index (κ1) is 23.3. The fourth-order valence-corrected chi connectivity index (χ4v) is 6.90. The third kappa shape index (κ3) is 5.21. The van der Waals surface area contributed by atoms with Crippen molar-refractivity contribution in [2.24, 2.45) is 5.92 Å². The first-order valence-electron chi connectivity index (χ1n) is 11.4. The molecule has 3 aliphatic rings. The van der Waals surface area contributed by atoms with Crippen molar-refractivity contribution in [1.82, 2.24) is 9.62 Å². The maximum absolute atomic E-state index is 13.1. The number of benzene rings is 1. The van der Waals surface area contributed by atoms with Crippen molar-refractivity contribution in [3.8, 4) is 0 Å². The summed E-state index contributed by atoms with van der Waals surface area (Å²) in [6.07, 6.45) is 9.01. The normalized spacial score (nSPS) is 22.6. The molecule has 174 valence electrons. The van der Waals surface area contributed by atoms with Gasteiger partial charge in [-0.1, -0.05) is 11.6 Å². The van der Waals surface area contributed by atoms with Gasteiger partial charge in [0.1, 0.15) is 0 Å². The van der Waals surface area contributed by atoms with Crippen LogP contribution in [0.1, 0.15) is 51.9 Å². The van der Waals surface area contributed by atoms with E-state index in [1.54, 1.807) is 18.2 Å². The second-order valence-electron chi connectivity index (χ2n) is 8.73. The van der Waals surface area contributed by atoms with Crippen molar-refractivity contribution in [3.05, 3.63) is 29.8 Å².